The van der Waals surface area contributed by atoms with Crippen LogP contribution in [0.15, 0.2) is 0 Å². The van der Waals surface area contributed by atoms with Gasteiger partial charge in [0.05, 0.1) is 0 Å². The predicted molar refractivity (Wildman–Crippen MR) is 47.1 cm³/mol. The molecule has 13 heavy (non-hydrogen) atoms. The van der Waals surface area contributed by atoms with Crippen molar-refractivity contribution >= 4 is 23.6 Å². The number of carbonyl (C=O) groups excluding carboxylic acids is 1. The van der Waals surface area contributed by atoms with Gasteiger partial charge in [-0.05, 0) is 12.2 Å². The summed E-state index contributed by atoms with van der Waals surface area (Å²) in [4.78, 5) is 23.4. The van der Waals surface area contributed by atoms with Crippen LogP contribution in [-0.4, -0.2) is 45.1 Å². The fraction of sp³-hybridized carbons (Fsp3) is 0.714. The van der Waals surface area contributed by atoms with Gasteiger partial charge < -0.3 is 15.7 Å². The Hall–Kier alpha value is -0.750. The highest BCUT2D eigenvalue weighted by atomic mass is 32.2. The SMILES string of the molecule is N[C@H]1C(=O)N2[C@@H](C(=O)O)CCS[C@H]12. The van der Waals surface area contributed by atoms with Gasteiger partial charge in [0.2, 0.25) is 5.91 Å². The number of hydrogen-bond acceptors (Lipinski definition) is 4. The van der Waals surface area contributed by atoms with E-state index in [1.165, 1.54) is 4.90 Å². The molecule has 2 rings (SSSR count). The molecule has 5 nitrogen and oxygen atoms in total. The molecule has 2 heterocycles. The molecular weight excluding hydrogens is 192 g/mol. The van der Waals surface area contributed by atoms with E-state index in [2.05, 4.69) is 0 Å². The van der Waals surface area contributed by atoms with Crippen molar-refractivity contribution in [1.82, 2.24) is 4.90 Å². The van der Waals surface area contributed by atoms with E-state index in [0.717, 1.165) is 5.75 Å². The quantitative estimate of drug-likeness (QED) is 0.537. The van der Waals surface area contributed by atoms with Gasteiger partial charge >= 0.3 is 5.97 Å². The van der Waals surface area contributed by atoms with E-state index in [-0.39, 0.29) is 11.3 Å². The maximum atomic E-state index is 11.2. The second kappa shape index (κ2) is 2.88. The van der Waals surface area contributed by atoms with Gasteiger partial charge in [-0.1, -0.05) is 0 Å². The maximum absolute atomic E-state index is 11.2. The van der Waals surface area contributed by atoms with E-state index < -0.39 is 18.1 Å². The molecule has 0 aromatic carbocycles. The largest absolute Gasteiger partial charge is 0.480 e. The van der Waals surface area contributed by atoms with E-state index in [9.17, 15) is 9.59 Å². The summed E-state index contributed by atoms with van der Waals surface area (Å²) in [6.45, 7) is 0. The van der Waals surface area contributed by atoms with Crippen LogP contribution in [0.2, 0.25) is 0 Å². The van der Waals surface area contributed by atoms with Gasteiger partial charge in [0.15, 0.2) is 0 Å². The van der Waals surface area contributed by atoms with E-state index in [0.29, 0.717) is 6.42 Å². The molecular formula is C7H10N2O3S. The number of carboxylic acid groups (broad SMARTS) is 1. The molecule has 2 fully saturated rings. The number of carbonyl (C=O) groups is 2. The van der Waals surface area contributed by atoms with Gasteiger partial charge in [-0.2, -0.15) is 0 Å². The number of rotatable bonds is 1. The summed E-state index contributed by atoms with van der Waals surface area (Å²) in [6, 6.07) is -1.15. The van der Waals surface area contributed by atoms with Gasteiger partial charge in [0, 0.05) is 0 Å². The molecule has 0 aromatic rings. The summed E-state index contributed by atoms with van der Waals surface area (Å²) in [7, 11) is 0. The fourth-order valence-corrected chi connectivity index (χ4v) is 3.04. The number of nitrogens with zero attached hydrogens (tertiary/aromatic N) is 1. The molecule has 0 unspecified atom stereocenters. The van der Waals surface area contributed by atoms with Crippen LogP contribution in [0.25, 0.3) is 0 Å². The number of nitrogens with two attached hydrogens (primary N) is 1. The number of carboxylic acids is 1. The Bertz CT molecular complexity index is 270. The summed E-state index contributed by atoms with van der Waals surface area (Å²) in [5.74, 6) is -0.394. The molecule has 1 amide bonds. The van der Waals surface area contributed by atoms with E-state index >= 15 is 0 Å². The highest BCUT2D eigenvalue weighted by molar-refractivity contribution is 8.00. The minimum absolute atomic E-state index is 0.109. The Morgan fingerprint density at radius 1 is 1.69 bits per heavy atom. The molecule has 0 spiro atoms. The summed E-state index contributed by atoms with van der Waals surface area (Å²) >= 11 is 1.56. The van der Waals surface area contributed by atoms with E-state index in [1.54, 1.807) is 11.8 Å². The first-order valence-corrected chi connectivity index (χ1v) is 5.10. The number of β-lactam (4-membered cyclic amide) rings is 1. The Morgan fingerprint density at radius 2 is 2.38 bits per heavy atom. The zero-order valence-corrected chi connectivity index (χ0v) is 7.66. The normalized spacial score (nSPS) is 38.1. The molecule has 3 N–H and O–H groups in total. The maximum Gasteiger partial charge on any atom is 0.326 e. The number of aliphatic carboxylic acids is 1. The summed E-state index contributed by atoms with van der Waals surface area (Å²) in [5.41, 5.74) is 5.53. The van der Waals surface area contributed by atoms with Crippen molar-refractivity contribution in [3.05, 3.63) is 0 Å². The molecule has 6 heteroatoms. The second-order valence-corrected chi connectivity index (χ2v) is 4.40. The third-order valence-corrected chi connectivity index (χ3v) is 3.76. The van der Waals surface area contributed by atoms with Crippen molar-refractivity contribution in [3.63, 3.8) is 0 Å². The van der Waals surface area contributed by atoms with Crippen LogP contribution < -0.4 is 5.73 Å². The first kappa shape index (κ1) is 8.83. The van der Waals surface area contributed by atoms with Crippen LogP contribution >= 0.6 is 11.8 Å². The lowest BCUT2D eigenvalue weighted by Gasteiger charge is -2.50. The molecule has 0 aromatic heterocycles. The van der Waals surface area contributed by atoms with Gasteiger partial charge in [0.1, 0.15) is 17.5 Å². The lowest BCUT2D eigenvalue weighted by atomic mass is 10.0. The van der Waals surface area contributed by atoms with Gasteiger partial charge in [0.25, 0.3) is 0 Å². The van der Waals surface area contributed by atoms with Crippen LogP contribution in [0.1, 0.15) is 6.42 Å². The minimum atomic E-state index is -0.925. The molecule has 0 saturated carbocycles. The van der Waals surface area contributed by atoms with Crippen molar-refractivity contribution in [2.45, 2.75) is 23.9 Å². The first-order valence-electron chi connectivity index (χ1n) is 4.05. The summed E-state index contributed by atoms with van der Waals surface area (Å²) in [5, 5.41) is 8.71. The smallest absolute Gasteiger partial charge is 0.326 e. The topological polar surface area (TPSA) is 83.6 Å². The number of thioether (sulfide) groups is 1. The lowest BCUT2D eigenvalue weighted by molar-refractivity contribution is -0.160. The van der Waals surface area contributed by atoms with Crippen LogP contribution in [0.5, 0.6) is 0 Å². The second-order valence-electron chi connectivity index (χ2n) is 3.18. The number of hydrogen-bond donors (Lipinski definition) is 2. The van der Waals surface area contributed by atoms with Crippen LogP contribution in [0, 0.1) is 0 Å². The van der Waals surface area contributed by atoms with Crippen molar-refractivity contribution in [2.75, 3.05) is 5.75 Å². The molecule has 0 aliphatic carbocycles. The first-order chi connectivity index (χ1) is 6.13. The van der Waals surface area contributed by atoms with Crippen LogP contribution in [0.4, 0.5) is 0 Å². The Balaban J connectivity index is 2.16. The predicted octanol–water partition coefficient (Wildman–Crippen LogP) is -0.928. The average Bonchev–Trinajstić information content (AvgIpc) is 2.15. The van der Waals surface area contributed by atoms with Crippen molar-refractivity contribution < 1.29 is 14.7 Å². The average molecular weight is 202 g/mol. The number of fused-ring (bicyclic) bond motifs is 1. The van der Waals surface area contributed by atoms with Gasteiger partial charge in [-0.3, -0.25) is 4.79 Å². The zero-order chi connectivity index (χ0) is 9.59. The van der Waals surface area contributed by atoms with E-state index in [1.807, 2.05) is 0 Å². The van der Waals surface area contributed by atoms with Crippen LogP contribution in [-0.2, 0) is 9.59 Å². The molecule has 3 atom stereocenters. The molecule has 2 aliphatic rings. The molecule has 2 saturated heterocycles. The van der Waals surface area contributed by atoms with Crippen molar-refractivity contribution in [2.24, 2.45) is 5.73 Å². The standard InChI is InChI=1S/C7H10N2O3S/c8-4-5(10)9-3(7(11)12)1-2-13-6(4)9/h3-4,6H,1-2,8H2,(H,11,12)/t3-,4+,6-/m1/s1. The molecule has 2 aliphatic heterocycles. The highest BCUT2D eigenvalue weighted by Gasteiger charge is 2.52. The van der Waals surface area contributed by atoms with Gasteiger partial charge in [-0.25, -0.2) is 4.79 Å². The molecule has 72 valence electrons. The Labute approximate surface area is 79.3 Å². The zero-order valence-electron chi connectivity index (χ0n) is 6.84. The monoisotopic (exact) mass is 202 g/mol. The fourth-order valence-electron chi connectivity index (χ4n) is 1.71. The van der Waals surface area contributed by atoms with Crippen molar-refractivity contribution in [1.29, 1.82) is 0 Å². The van der Waals surface area contributed by atoms with Crippen LogP contribution in [0.3, 0.4) is 0 Å². The minimum Gasteiger partial charge on any atom is -0.480 e. The highest BCUT2D eigenvalue weighted by Crippen LogP contribution is 2.36. The Morgan fingerprint density at radius 3 is 3.00 bits per heavy atom. The third-order valence-electron chi connectivity index (χ3n) is 2.42. The number of amides is 1. The third kappa shape index (κ3) is 1.13. The Kier molecular flexibility index (Phi) is 1.96. The summed E-state index contributed by atoms with van der Waals surface area (Å²) < 4.78 is 0. The van der Waals surface area contributed by atoms with Gasteiger partial charge in [-0.15, -0.1) is 11.8 Å². The van der Waals surface area contributed by atoms with Crippen molar-refractivity contribution in [3.8, 4) is 0 Å². The van der Waals surface area contributed by atoms with E-state index in [4.69, 9.17) is 10.8 Å². The molecule has 0 radical (unpaired) electrons. The summed E-state index contributed by atoms with van der Waals surface area (Å²) in [6.07, 6.45) is 0.523. The molecule has 0 bridgehead atoms. The lowest BCUT2D eigenvalue weighted by Crippen LogP contribution is -2.72.